The molecule has 0 aliphatic heterocycles. The molecular weight excluding hydrogens is 274 g/mol. The van der Waals surface area contributed by atoms with Crippen molar-refractivity contribution in [3.63, 3.8) is 0 Å². The summed E-state index contributed by atoms with van der Waals surface area (Å²) in [6, 6.07) is 9.00. The number of aromatic nitrogens is 1. The van der Waals surface area contributed by atoms with Crippen molar-refractivity contribution in [3.05, 3.63) is 40.9 Å². The van der Waals surface area contributed by atoms with E-state index in [1.807, 2.05) is 32.0 Å². The lowest BCUT2D eigenvalue weighted by atomic mass is 10.3. The Morgan fingerprint density at radius 3 is 2.40 bits per heavy atom. The molecule has 2 aromatic rings. The van der Waals surface area contributed by atoms with E-state index in [-0.39, 0.29) is 0 Å². The third kappa shape index (κ3) is 3.03. The minimum Gasteiger partial charge on any atom is -0.307 e. The zero-order chi connectivity index (χ0) is 14.7. The fourth-order valence-corrected chi connectivity index (χ4v) is 2.41. The maximum absolute atomic E-state index is 12.0. The highest BCUT2D eigenvalue weighted by molar-refractivity contribution is 7.15. The molecule has 1 aromatic carbocycles. The molecule has 6 heteroatoms. The molecule has 0 bridgehead atoms. The number of aryl methyl sites for hydroxylation is 2. The van der Waals surface area contributed by atoms with Gasteiger partial charge in [-0.25, -0.2) is 4.98 Å². The smallest absolute Gasteiger partial charge is 0.307 e. The summed E-state index contributed by atoms with van der Waals surface area (Å²) in [6.07, 6.45) is 0. The molecule has 0 unspecified atom stereocenters. The van der Waals surface area contributed by atoms with Crippen LogP contribution in [-0.4, -0.2) is 23.8 Å². The fourth-order valence-electron chi connectivity index (χ4n) is 1.60. The van der Waals surface area contributed by atoms with Crippen molar-refractivity contribution >= 4 is 34.0 Å². The predicted octanol–water partition coefficient (Wildman–Crippen LogP) is 2.36. The van der Waals surface area contributed by atoms with Crippen molar-refractivity contribution in [2.24, 2.45) is 0 Å². The normalized spacial score (nSPS) is 10.2. The number of anilines is 2. The Morgan fingerprint density at radius 2 is 1.85 bits per heavy atom. The molecule has 0 saturated carbocycles. The van der Waals surface area contributed by atoms with Gasteiger partial charge in [0, 0.05) is 17.6 Å². The number of rotatable bonds is 2. The average Bonchev–Trinajstić information content (AvgIpc) is 2.76. The first-order valence-electron chi connectivity index (χ1n) is 6.07. The quantitative estimate of drug-likeness (QED) is 0.863. The average molecular weight is 289 g/mol. The summed E-state index contributed by atoms with van der Waals surface area (Å²) in [5.74, 6) is -1.31. The van der Waals surface area contributed by atoms with Crippen molar-refractivity contribution in [2.45, 2.75) is 13.8 Å². The number of nitrogens with zero attached hydrogens (tertiary/aromatic N) is 2. The van der Waals surface area contributed by atoms with E-state index < -0.39 is 11.8 Å². The first-order valence-corrected chi connectivity index (χ1v) is 6.89. The number of nitrogens with one attached hydrogen (secondary N) is 1. The van der Waals surface area contributed by atoms with E-state index in [1.165, 1.54) is 16.2 Å². The minimum absolute atomic E-state index is 0.444. The van der Waals surface area contributed by atoms with Gasteiger partial charge in [0.25, 0.3) is 0 Å². The lowest BCUT2D eigenvalue weighted by Crippen LogP contribution is -2.37. The summed E-state index contributed by atoms with van der Waals surface area (Å²) in [5, 5.41) is 2.98. The number of carbonyl (C=O) groups excluding carboxylic acids is 2. The molecule has 104 valence electrons. The van der Waals surface area contributed by atoms with Crippen molar-refractivity contribution in [1.82, 2.24) is 4.98 Å². The minimum atomic E-state index is -0.690. The Morgan fingerprint density at radius 1 is 1.20 bits per heavy atom. The van der Waals surface area contributed by atoms with Crippen molar-refractivity contribution < 1.29 is 9.59 Å². The lowest BCUT2D eigenvalue weighted by Gasteiger charge is -2.15. The van der Waals surface area contributed by atoms with Gasteiger partial charge >= 0.3 is 11.8 Å². The van der Waals surface area contributed by atoms with Crippen molar-refractivity contribution in [2.75, 3.05) is 17.3 Å². The van der Waals surface area contributed by atoms with Gasteiger partial charge in [-0.3, -0.25) is 14.9 Å². The maximum atomic E-state index is 12.0. The molecule has 0 radical (unpaired) electrons. The van der Waals surface area contributed by atoms with E-state index in [1.54, 1.807) is 19.2 Å². The molecule has 0 atom stereocenters. The zero-order valence-corrected chi connectivity index (χ0v) is 12.3. The first-order chi connectivity index (χ1) is 9.49. The molecular formula is C14H15N3O2S. The van der Waals surface area contributed by atoms with Crippen LogP contribution in [0.5, 0.6) is 0 Å². The number of benzene rings is 1. The Hall–Kier alpha value is -2.21. The number of thiazole rings is 1. The largest absolute Gasteiger partial charge is 0.316 e. The molecule has 0 saturated heterocycles. The molecule has 2 rings (SSSR count). The predicted molar refractivity (Wildman–Crippen MR) is 80.1 cm³/mol. The summed E-state index contributed by atoms with van der Waals surface area (Å²) in [4.78, 5) is 30.4. The Labute approximate surface area is 121 Å². The van der Waals surface area contributed by atoms with Crippen molar-refractivity contribution in [3.8, 4) is 0 Å². The molecule has 20 heavy (non-hydrogen) atoms. The van der Waals surface area contributed by atoms with Crippen molar-refractivity contribution in [1.29, 1.82) is 0 Å². The molecule has 1 heterocycles. The molecule has 2 amide bonds. The molecule has 0 aliphatic carbocycles. The summed E-state index contributed by atoms with van der Waals surface area (Å²) in [5.41, 5.74) is 1.52. The fraction of sp³-hybridized carbons (Fsp3) is 0.214. The Bertz CT molecular complexity index is 618. The third-order valence-corrected chi connectivity index (χ3v) is 3.88. The highest BCUT2D eigenvalue weighted by atomic mass is 32.1. The van der Waals surface area contributed by atoms with Crippen LogP contribution in [0.1, 0.15) is 10.6 Å². The molecule has 0 spiro atoms. The highest BCUT2D eigenvalue weighted by Gasteiger charge is 2.21. The van der Waals surface area contributed by atoms with Crippen LogP contribution in [0.2, 0.25) is 0 Å². The number of para-hydroxylation sites is 1. The molecule has 0 aliphatic rings. The second kappa shape index (κ2) is 5.83. The van der Waals surface area contributed by atoms with Crippen LogP contribution in [0.4, 0.5) is 10.8 Å². The van der Waals surface area contributed by atoms with Gasteiger partial charge in [-0.05, 0) is 26.0 Å². The van der Waals surface area contributed by atoms with Crippen LogP contribution in [0.15, 0.2) is 30.3 Å². The van der Waals surface area contributed by atoms with Crippen LogP contribution in [0, 0.1) is 13.8 Å². The van der Waals surface area contributed by atoms with Gasteiger partial charge in [-0.2, -0.15) is 0 Å². The topological polar surface area (TPSA) is 62.3 Å². The lowest BCUT2D eigenvalue weighted by molar-refractivity contribution is -0.134. The SMILES string of the molecule is Cc1nc(NC(=O)C(=O)N(C)c2ccccc2)sc1C. The van der Waals surface area contributed by atoms with Gasteiger partial charge < -0.3 is 4.90 Å². The van der Waals surface area contributed by atoms with Crippen LogP contribution in [-0.2, 0) is 9.59 Å². The summed E-state index contributed by atoms with van der Waals surface area (Å²) in [7, 11) is 1.57. The zero-order valence-electron chi connectivity index (χ0n) is 11.5. The maximum Gasteiger partial charge on any atom is 0.316 e. The number of amides is 2. The second-order valence-corrected chi connectivity index (χ2v) is 5.52. The van der Waals surface area contributed by atoms with Gasteiger partial charge in [0.1, 0.15) is 0 Å². The number of likely N-dealkylation sites (N-methyl/N-ethyl adjacent to an activating group) is 1. The van der Waals surface area contributed by atoms with Crippen LogP contribution < -0.4 is 10.2 Å². The Kier molecular flexibility index (Phi) is 4.14. The van der Waals surface area contributed by atoms with Gasteiger partial charge in [0.15, 0.2) is 5.13 Å². The van der Waals surface area contributed by atoms with E-state index >= 15 is 0 Å². The van der Waals surface area contributed by atoms with Crippen LogP contribution in [0.3, 0.4) is 0 Å². The van der Waals surface area contributed by atoms with Crippen LogP contribution in [0.25, 0.3) is 0 Å². The highest BCUT2D eigenvalue weighted by Crippen LogP contribution is 2.21. The van der Waals surface area contributed by atoms with Crippen LogP contribution >= 0.6 is 11.3 Å². The second-order valence-electron chi connectivity index (χ2n) is 4.31. The number of carbonyl (C=O) groups is 2. The first kappa shape index (κ1) is 14.2. The summed E-state index contributed by atoms with van der Waals surface area (Å²) < 4.78 is 0. The number of hydrogen-bond acceptors (Lipinski definition) is 4. The van der Waals surface area contributed by atoms with Gasteiger partial charge in [0.2, 0.25) is 0 Å². The van der Waals surface area contributed by atoms with Gasteiger partial charge in [0.05, 0.1) is 5.69 Å². The monoisotopic (exact) mass is 289 g/mol. The molecule has 1 N–H and O–H groups in total. The standard InChI is InChI=1S/C14H15N3O2S/c1-9-10(2)20-14(15-9)16-12(18)13(19)17(3)11-7-5-4-6-8-11/h4-8H,1-3H3,(H,15,16,18). The van der Waals surface area contributed by atoms with E-state index in [0.29, 0.717) is 10.8 Å². The van der Waals surface area contributed by atoms with Gasteiger partial charge in [-0.15, -0.1) is 11.3 Å². The number of hydrogen-bond donors (Lipinski definition) is 1. The van der Waals surface area contributed by atoms with Gasteiger partial charge in [-0.1, -0.05) is 18.2 Å². The molecule has 5 nitrogen and oxygen atoms in total. The Balaban J connectivity index is 2.07. The van der Waals surface area contributed by atoms with E-state index in [0.717, 1.165) is 10.6 Å². The summed E-state index contributed by atoms with van der Waals surface area (Å²) in [6.45, 7) is 3.78. The third-order valence-electron chi connectivity index (χ3n) is 2.89. The van der Waals surface area contributed by atoms with E-state index in [9.17, 15) is 9.59 Å². The summed E-state index contributed by atoms with van der Waals surface area (Å²) >= 11 is 1.35. The van der Waals surface area contributed by atoms with E-state index in [2.05, 4.69) is 10.3 Å². The molecule has 1 aromatic heterocycles. The molecule has 0 fully saturated rings. The van der Waals surface area contributed by atoms with E-state index in [4.69, 9.17) is 0 Å².